The monoisotopic (exact) mass is 270 g/mol. The van der Waals surface area contributed by atoms with Gasteiger partial charge in [0.15, 0.2) is 11.6 Å². The molecule has 1 saturated heterocycles. The van der Waals surface area contributed by atoms with E-state index in [1.807, 2.05) is 18.7 Å². The van der Waals surface area contributed by atoms with Crippen LogP contribution in [0.2, 0.25) is 0 Å². The largest absolute Gasteiger partial charge is 0.368 e. The third-order valence-electron chi connectivity index (χ3n) is 3.07. The van der Waals surface area contributed by atoms with Crippen LogP contribution in [0.25, 0.3) is 0 Å². The summed E-state index contributed by atoms with van der Waals surface area (Å²) in [4.78, 5) is 10.9. The number of aryl methyl sites for hydroxylation is 1. The lowest BCUT2D eigenvalue weighted by molar-refractivity contribution is 0.264. The zero-order valence-electron chi connectivity index (χ0n) is 11.0. The molecule has 1 aliphatic heterocycles. The van der Waals surface area contributed by atoms with Gasteiger partial charge in [-0.1, -0.05) is 0 Å². The van der Waals surface area contributed by atoms with E-state index in [2.05, 4.69) is 27.2 Å². The van der Waals surface area contributed by atoms with Gasteiger partial charge >= 0.3 is 0 Å². The zero-order chi connectivity index (χ0) is 13.1. The average molecular weight is 270 g/mol. The van der Waals surface area contributed by atoms with Crippen LogP contribution in [0.1, 0.15) is 24.5 Å². The van der Waals surface area contributed by atoms with Crippen LogP contribution in [0.3, 0.4) is 0 Å². The van der Waals surface area contributed by atoms with Crippen molar-refractivity contribution in [1.82, 2.24) is 14.9 Å². The van der Waals surface area contributed by atoms with Crippen molar-refractivity contribution in [2.75, 3.05) is 37.0 Å². The van der Waals surface area contributed by atoms with Gasteiger partial charge < -0.3 is 5.32 Å². The minimum absolute atomic E-state index is 0.181. The second-order valence-electron chi connectivity index (χ2n) is 4.43. The third-order valence-corrected chi connectivity index (χ3v) is 4.10. The maximum Gasteiger partial charge on any atom is 0.186 e. The Kier molecular flexibility index (Phi) is 4.40. The van der Waals surface area contributed by atoms with Gasteiger partial charge in [0.25, 0.3) is 0 Å². The number of rotatable bonds is 3. The molecule has 1 aromatic rings. The molecular weight excluding hydrogens is 251 g/mol. The summed E-state index contributed by atoms with van der Waals surface area (Å²) in [6, 6.07) is 0.181. The number of nitrogens with one attached hydrogen (secondary N) is 1. The van der Waals surface area contributed by atoms with Gasteiger partial charge in [-0.05, 0) is 20.9 Å². The van der Waals surface area contributed by atoms with E-state index in [0.717, 1.165) is 23.9 Å². The fraction of sp³-hybridized carbons (Fsp3) is 0.667. The zero-order valence-corrected chi connectivity index (χ0v) is 11.9. The highest BCUT2D eigenvalue weighted by molar-refractivity contribution is 7.99. The average Bonchev–Trinajstić information content (AvgIpc) is 2.35. The normalized spacial score (nSPS) is 21.0. The Bertz CT molecular complexity index is 427. The number of hydrogen-bond donors (Lipinski definition) is 1. The third kappa shape index (κ3) is 2.75. The number of thioether (sulfide) groups is 1. The molecule has 1 atom stereocenters. The molecule has 6 heteroatoms. The van der Waals surface area contributed by atoms with Gasteiger partial charge in [-0.25, -0.2) is 14.4 Å². The molecule has 1 aliphatic rings. The van der Waals surface area contributed by atoms with E-state index in [4.69, 9.17) is 0 Å². The van der Waals surface area contributed by atoms with Crippen LogP contribution >= 0.6 is 11.8 Å². The first-order valence-corrected chi connectivity index (χ1v) is 7.34. The summed E-state index contributed by atoms with van der Waals surface area (Å²) in [6.45, 7) is 5.30. The number of nitrogens with zero attached hydrogens (tertiary/aromatic N) is 3. The molecule has 0 amide bonds. The molecule has 100 valence electrons. The Hall–Kier alpha value is -0.880. The van der Waals surface area contributed by atoms with E-state index in [9.17, 15) is 4.39 Å². The molecule has 4 nitrogen and oxygen atoms in total. The molecule has 1 fully saturated rings. The van der Waals surface area contributed by atoms with E-state index in [-0.39, 0.29) is 11.9 Å². The van der Waals surface area contributed by atoms with Gasteiger partial charge in [0.1, 0.15) is 5.82 Å². The van der Waals surface area contributed by atoms with Gasteiger partial charge in [0.2, 0.25) is 0 Å². The highest BCUT2D eigenvalue weighted by Gasteiger charge is 2.25. The number of aromatic nitrogens is 2. The first kappa shape index (κ1) is 13.5. The summed E-state index contributed by atoms with van der Waals surface area (Å²) < 4.78 is 13.8. The predicted octanol–water partition coefficient (Wildman–Crippen LogP) is 2.08. The summed E-state index contributed by atoms with van der Waals surface area (Å²) in [7, 11) is 2.07. The fourth-order valence-electron chi connectivity index (χ4n) is 1.97. The quantitative estimate of drug-likeness (QED) is 0.910. The molecule has 2 heterocycles. The smallest absolute Gasteiger partial charge is 0.186 e. The standard InChI is InChI=1S/C12H19FN4S/c1-4-14-12-10(13)8(2)15-11(16-12)9-7-18-6-5-17(9)3/h9H,4-7H2,1-3H3,(H,14,15,16). The molecule has 0 aliphatic carbocycles. The van der Waals surface area contributed by atoms with Gasteiger partial charge in [-0.3, -0.25) is 4.90 Å². The molecule has 0 spiro atoms. The van der Waals surface area contributed by atoms with Crippen LogP contribution in [-0.2, 0) is 0 Å². The Morgan fingerprint density at radius 2 is 2.28 bits per heavy atom. The summed E-state index contributed by atoms with van der Waals surface area (Å²) in [5, 5.41) is 2.96. The van der Waals surface area contributed by atoms with E-state index >= 15 is 0 Å². The topological polar surface area (TPSA) is 41.1 Å². The first-order valence-electron chi connectivity index (χ1n) is 6.19. The van der Waals surface area contributed by atoms with Crippen molar-refractivity contribution < 1.29 is 4.39 Å². The van der Waals surface area contributed by atoms with Crippen LogP contribution in [0.15, 0.2) is 0 Å². The molecule has 18 heavy (non-hydrogen) atoms. The second-order valence-corrected chi connectivity index (χ2v) is 5.58. The lowest BCUT2D eigenvalue weighted by atomic mass is 10.2. The van der Waals surface area contributed by atoms with Crippen molar-refractivity contribution in [3.8, 4) is 0 Å². The Morgan fingerprint density at radius 3 is 2.94 bits per heavy atom. The van der Waals surface area contributed by atoms with Crippen molar-refractivity contribution in [1.29, 1.82) is 0 Å². The van der Waals surface area contributed by atoms with Crippen LogP contribution in [0.5, 0.6) is 0 Å². The van der Waals surface area contributed by atoms with Crippen LogP contribution in [0, 0.1) is 12.7 Å². The summed E-state index contributed by atoms with van der Waals surface area (Å²) >= 11 is 1.90. The van der Waals surface area contributed by atoms with Gasteiger partial charge in [0.05, 0.1) is 11.7 Å². The summed E-state index contributed by atoms with van der Waals surface area (Å²) in [5.74, 6) is 2.80. The minimum Gasteiger partial charge on any atom is -0.368 e. The summed E-state index contributed by atoms with van der Waals surface area (Å²) in [5.41, 5.74) is 0.417. The van der Waals surface area contributed by atoms with E-state index < -0.39 is 0 Å². The lowest BCUT2D eigenvalue weighted by Crippen LogP contribution is -2.34. The molecule has 1 unspecified atom stereocenters. The minimum atomic E-state index is -0.341. The highest BCUT2D eigenvalue weighted by atomic mass is 32.2. The molecule has 2 rings (SSSR count). The van der Waals surface area contributed by atoms with Crippen LogP contribution in [-0.4, -0.2) is 46.5 Å². The van der Waals surface area contributed by atoms with E-state index in [1.165, 1.54) is 0 Å². The number of anilines is 1. The Labute approximate surface area is 111 Å². The number of halogens is 1. The molecule has 0 bridgehead atoms. The molecular formula is C12H19FN4S. The van der Waals surface area contributed by atoms with Crippen molar-refractivity contribution in [2.45, 2.75) is 19.9 Å². The predicted molar refractivity (Wildman–Crippen MR) is 73.6 cm³/mol. The van der Waals surface area contributed by atoms with Crippen molar-refractivity contribution in [2.24, 2.45) is 0 Å². The van der Waals surface area contributed by atoms with Crippen LogP contribution in [0.4, 0.5) is 10.2 Å². The van der Waals surface area contributed by atoms with Crippen molar-refractivity contribution in [3.63, 3.8) is 0 Å². The summed E-state index contributed by atoms with van der Waals surface area (Å²) in [6.07, 6.45) is 0. The van der Waals surface area contributed by atoms with Crippen LogP contribution < -0.4 is 5.32 Å². The Balaban J connectivity index is 2.32. The molecule has 1 N–H and O–H groups in total. The maximum atomic E-state index is 13.8. The highest BCUT2D eigenvalue weighted by Crippen LogP contribution is 2.27. The fourth-order valence-corrected chi connectivity index (χ4v) is 3.18. The Morgan fingerprint density at radius 1 is 1.50 bits per heavy atom. The second kappa shape index (κ2) is 5.84. The van der Waals surface area contributed by atoms with Crippen molar-refractivity contribution >= 4 is 17.6 Å². The molecule has 1 aromatic heterocycles. The maximum absolute atomic E-state index is 13.8. The van der Waals surface area contributed by atoms with E-state index in [0.29, 0.717) is 18.1 Å². The van der Waals surface area contributed by atoms with Crippen molar-refractivity contribution in [3.05, 3.63) is 17.3 Å². The SMILES string of the molecule is CCNc1nc(C2CSCCN2C)nc(C)c1F. The van der Waals surface area contributed by atoms with E-state index in [1.54, 1.807) is 6.92 Å². The lowest BCUT2D eigenvalue weighted by Gasteiger charge is -2.31. The van der Waals surface area contributed by atoms with Gasteiger partial charge in [0, 0.05) is 24.6 Å². The van der Waals surface area contributed by atoms with Gasteiger partial charge in [-0.2, -0.15) is 11.8 Å². The first-order chi connectivity index (χ1) is 8.63. The molecule has 0 radical (unpaired) electrons. The number of hydrogen-bond acceptors (Lipinski definition) is 5. The molecule has 0 aromatic carbocycles. The molecule has 0 saturated carbocycles. The van der Waals surface area contributed by atoms with Gasteiger partial charge in [-0.15, -0.1) is 0 Å².